The molecule has 1 N–H and O–H groups in total. The normalized spacial score (nSPS) is 11.1. The summed E-state index contributed by atoms with van der Waals surface area (Å²) < 4.78 is 5.67. The van der Waals surface area contributed by atoms with Gasteiger partial charge in [0.05, 0.1) is 0 Å². The highest BCUT2D eigenvalue weighted by Crippen LogP contribution is 2.31. The quantitative estimate of drug-likeness (QED) is 0.619. The van der Waals surface area contributed by atoms with E-state index in [0.717, 1.165) is 23.3 Å². The van der Waals surface area contributed by atoms with E-state index in [-0.39, 0.29) is 17.9 Å². The monoisotopic (exact) mass is 373 g/mol. The van der Waals surface area contributed by atoms with Crippen LogP contribution in [0.15, 0.2) is 84.9 Å². The van der Waals surface area contributed by atoms with Crippen LogP contribution in [0.2, 0.25) is 0 Å². The van der Waals surface area contributed by atoms with Crippen molar-refractivity contribution >= 4 is 5.91 Å². The predicted octanol–water partition coefficient (Wildman–Crippen LogP) is 4.75. The third-order valence-electron chi connectivity index (χ3n) is 5.14. The van der Waals surface area contributed by atoms with E-state index in [9.17, 15) is 4.79 Å². The maximum atomic E-state index is 12.4. The summed E-state index contributed by atoms with van der Waals surface area (Å²) in [5.74, 6) is 0.600. The summed E-state index contributed by atoms with van der Waals surface area (Å²) >= 11 is 0. The lowest BCUT2D eigenvalue weighted by Gasteiger charge is -2.31. The van der Waals surface area contributed by atoms with E-state index in [1.807, 2.05) is 54.6 Å². The predicted molar refractivity (Wildman–Crippen MR) is 114 cm³/mol. The van der Waals surface area contributed by atoms with E-state index >= 15 is 0 Å². The summed E-state index contributed by atoms with van der Waals surface area (Å²) in [5.41, 5.74) is 3.20. The van der Waals surface area contributed by atoms with E-state index in [4.69, 9.17) is 4.74 Å². The first kappa shape index (κ1) is 19.7. The number of hydrogen-bond donors (Lipinski definition) is 1. The molecule has 28 heavy (non-hydrogen) atoms. The molecule has 0 fully saturated rings. The Balaban J connectivity index is 1.67. The zero-order valence-corrected chi connectivity index (χ0v) is 16.5. The molecular weight excluding hydrogens is 346 g/mol. The van der Waals surface area contributed by atoms with E-state index in [2.05, 4.69) is 49.5 Å². The molecule has 3 nitrogen and oxygen atoms in total. The molecule has 0 aromatic heterocycles. The van der Waals surface area contributed by atoms with Crippen molar-refractivity contribution in [2.24, 2.45) is 0 Å². The van der Waals surface area contributed by atoms with Crippen LogP contribution < -0.4 is 10.1 Å². The molecule has 0 aliphatic carbocycles. The number of amides is 1. The highest BCUT2D eigenvalue weighted by Gasteiger charge is 2.29. The van der Waals surface area contributed by atoms with Crippen molar-refractivity contribution < 1.29 is 9.53 Å². The molecule has 0 spiro atoms. The molecule has 0 aliphatic rings. The van der Waals surface area contributed by atoms with Crippen molar-refractivity contribution in [2.45, 2.75) is 25.7 Å². The Morgan fingerprint density at radius 3 is 2.07 bits per heavy atom. The smallest absolute Gasteiger partial charge is 0.257 e. The minimum Gasteiger partial charge on any atom is -0.484 e. The lowest BCUT2D eigenvalue weighted by atomic mass is 9.76. The van der Waals surface area contributed by atoms with Gasteiger partial charge in [-0.05, 0) is 42.2 Å². The van der Waals surface area contributed by atoms with Gasteiger partial charge in [-0.1, -0.05) is 79.7 Å². The van der Waals surface area contributed by atoms with Crippen LogP contribution in [0.3, 0.4) is 0 Å². The van der Waals surface area contributed by atoms with Gasteiger partial charge in [0.25, 0.3) is 5.91 Å². The van der Waals surface area contributed by atoms with Gasteiger partial charge in [-0.3, -0.25) is 4.79 Å². The summed E-state index contributed by atoms with van der Waals surface area (Å²) in [4.78, 5) is 12.4. The maximum absolute atomic E-state index is 12.4. The van der Waals surface area contributed by atoms with Gasteiger partial charge in [0.15, 0.2) is 6.61 Å². The van der Waals surface area contributed by atoms with E-state index < -0.39 is 0 Å². The molecule has 0 unspecified atom stereocenters. The Bertz CT molecular complexity index is 851. The van der Waals surface area contributed by atoms with Gasteiger partial charge in [0, 0.05) is 12.0 Å². The standard InChI is InChI=1S/C25H27NO2/c1-3-20-11-10-16-23(17-20)28-18-24(27)26-19-25(2,21-12-6-4-7-13-21)22-14-8-5-9-15-22/h4-17H,3,18-19H2,1-2H3,(H,26,27). The lowest BCUT2D eigenvalue weighted by Crippen LogP contribution is -2.41. The van der Waals surface area contributed by atoms with Gasteiger partial charge in [-0.15, -0.1) is 0 Å². The third-order valence-corrected chi connectivity index (χ3v) is 5.14. The van der Waals surface area contributed by atoms with Crippen LogP contribution in [-0.2, 0) is 16.6 Å². The summed E-state index contributed by atoms with van der Waals surface area (Å²) in [6, 6.07) is 28.4. The third kappa shape index (κ3) is 4.80. The highest BCUT2D eigenvalue weighted by atomic mass is 16.5. The molecule has 0 radical (unpaired) electrons. The van der Waals surface area contributed by atoms with Crippen LogP contribution in [0.5, 0.6) is 5.75 Å². The minimum absolute atomic E-state index is 0.00677. The number of nitrogens with one attached hydrogen (secondary N) is 1. The average Bonchev–Trinajstić information content (AvgIpc) is 2.77. The number of hydrogen-bond acceptors (Lipinski definition) is 2. The molecule has 3 aromatic carbocycles. The Morgan fingerprint density at radius 1 is 0.893 bits per heavy atom. The molecule has 0 saturated carbocycles. The zero-order valence-electron chi connectivity index (χ0n) is 16.5. The first-order chi connectivity index (χ1) is 13.6. The lowest BCUT2D eigenvalue weighted by molar-refractivity contribution is -0.123. The van der Waals surface area contributed by atoms with Crippen LogP contribution in [0, 0.1) is 0 Å². The van der Waals surface area contributed by atoms with Crippen LogP contribution in [0.25, 0.3) is 0 Å². The molecule has 0 aliphatic heterocycles. The number of carbonyl (C=O) groups excluding carboxylic acids is 1. The highest BCUT2D eigenvalue weighted by molar-refractivity contribution is 5.77. The fraction of sp³-hybridized carbons (Fsp3) is 0.240. The van der Waals surface area contributed by atoms with E-state index in [0.29, 0.717) is 6.54 Å². The Kier molecular flexibility index (Phi) is 6.49. The van der Waals surface area contributed by atoms with E-state index in [1.165, 1.54) is 5.56 Å². The number of ether oxygens (including phenoxy) is 1. The topological polar surface area (TPSA) is 38.3 Å². The van der Waals surface area contributed by atoms with Crippen molar-refractivity contribution in [1.29, 1.82) is 0 Å². The molecule has 3 rings (SSSR count). The van der Waals surface area contributed by atoms with E-state index in [1.54, 1.807) is 0 Å². The molecule has 0 bridgehead atoms. The zero-order chi connectivity index (χ0) is 19.8. The number of benzene rings is 3. The molecule has 3 heteroatoms. The number of carbonyl (C=O) groups is 1. The summed E-state index contributed by atoms with van der Waals surface area (Å²) in [6.45, 7) is 4.76. The average molecular weight is 373 g/mol. The van der Waals surface area contributed by atoms with Gasteiger partial charge in [0.1, 0.15) is 5.75 Å². The van der Waals surface area contributed by atoms with Crippen molar-refractivity contribution in [1.82, 2.24) is 5.32 Å². The second-order valence-corrected chi connectivity index (χ2v) is 7.13. The molecule has 0 heterocycles. The molecule has 0 atom stereocenters. The van der Waals surface area contributed by atoms with Crippen LogP contribution in [0.1, 0.15) is 30.5 Å². The molecule has 3 aromatic rings. The second kappa shape index (κ2) is 9.23. The Morgan fingerprint density at radius 2 is 1.50 bits per heavy atom. The van der Waals surface area contributed by atoms with Crippen molar-refractivity contribution in [3.05, 3.63) is 102 Å². The maximum Gasteiger partial charge on any atom is 0.257 e. The summed E-state index contributed by atoms with van der Waals surface area (Å²) in [7, 11) is 0. The van der Waals surface area contributed by atoms with Gasteiger partial charge in [0.2, 0.25) is 0 Å². The fourth-order valence-corrected chi connectivity index (χ4v) is 3.31. The van der Waals surface area contributed by atoms with Crippen molar-refractivity contribution in [3.8, 4) is 5.75 Å². The van der Waals surface area contributed by atoms with Gasteiger partial charge in [-0.2, -0.15) is 0 Å². The van der Waals surface area contributed by atoms with Crippen LogP contribution in [0.4, 0.5) is 0 Å². The van der Waals surface area contributed by atoms with Crippen molar-refractivity contribution in [3.63, 3.8) is 0 Å². The van der Waals surface area contributed by atoms with Gasteiger partial charge in [-0.25, -0.2) is 0 Å². The largest absolute Gasteiger partial charge is 0.484 e. The van der Waals surface area contributed by atoms with Crippen LogP contribution >= 0.6 is 0 Å². The number of aryl methyl sites for hydroxylation is 1. The molecule has 144 valence electrons. The Labute approximate surface area is 167 Å². The van der Waals surface area contributed by atoms with Gasteiger partial charge >= 0.3 is 0 Å². The molecule has 0 saturated heterocycles. The molecule has 1 amide bonds. The van der Waals surface area contributed by atoms with Crippen molar-refractivity contribution in [2.75, 3.05) is 13.2 Å². The molecular formula is C25H27NO2. The fourth-order valence-electron chi connectivity index (χ4n) is 3.31. The van der Waals surface area contributed by atoms with Gasteiger partial charge < -0.3 is 10.1 Å². The van der Waals surface area contributed by atoms with Crippen LogP contribution in [-0.4, -0.2) is 19.1 Å². The first-order valence-corrected chi connectivity index (χ1v) is 9.71. The Hall–Kier alpha value is -3.07. The first-order valence-electron chi connectivity index (χ1n) is 9.71. The second-order valence-electron chi connectivity index (χ2n) is 7.13. The number of rotatable bonds is 8. The minimum atomic E-state index is -0.319. The summed E-state index contributed by atoms with van der Waals surface area (Å²) in [5, 5.41) is 3.06. The SMILES string of the molecule is CCc1cccc(OCC(=O)NCC(C)(c2ccccc2)c2ccccc2)c1. The summed E-state index contributed by atoms with van der Waals surface area (Å²) in [6.07, 6.45) is 0.940.